The Morgan fingerprint density at radius 1 is 1.43 bits per heavy atom. The first-order valence-electron chi connectivity index (χ1n) is 7.56. The van der Waals surface area contributed by atoms with E-state index in [1.807, 2.05) is 30.5 Å². The van der Waals surface area contributed by atoms with Crippen LogP contribution in [0.4, 0.5) is 0 Å². The molecule has 6 nitrogen and oxygen atoms in total. The van der Waals surface area contributed by atoms with Gasteiger partial charge < -0.3 is 5.32 Å². The molecule has 0 aliphatic carbocycles. The molecule has 0 aliphatic rings. The lowest BCUT2D eigenvalue weighted by molar-refractivity contribution is -0.120. The Hall–Kier alpha value is -2.15. The van der Waals surface area contributed by atoms with Crippen molar-refractivity contribution in [3.63, 3.8) is 0 Å². The van der Waals surface area contributed by atoms with E-state index in [9.17, 15) is 4.79 Å². The Kier molecular flexibility index (Phi) is 6.34. The van der Waals surface area contributed by atoms with Gasteiger partial charge in [-0.25, -0.2) is 0 Å². The van der Waals surface area contributed by atoms with Crippen LogP contribution in [0, 0.1) is 0 Å². The molecule has 122 valence electrons. The molecule has 0 saturated carbocycles. The largest absolute Gasteiger partial charge is 0.355 e. The minimum Gasteiger partial charge on any atom is -0.355 e. The molecule has 23 heavy (non-hydrogen) atoms. The van der Waals surface area contributed by atoms with Crippen molar-refractivity contribution in [3.8, 4) is 11.4 Å². The fourth-order valence-corrected chi connectivity index (χ4v) is 2.87. The maximum atomic E-state index is 12.0. The van der Waals surface area contributed by atoms with E-state index >= 15 is 0 Å². The summed E-state index contributed by atoms with van der Waals surface area (Å²) in [4.78, 5) is 16.1. The zero-order valence-electron chi connectivity index (χ0n) is 13.4. The van der Waals surface area contributed by atoms with Gasteiger partial charge in [0.1, 0.15) is 0 Å². The molecule has 0 aromatic carbocycles. The van der Waals surface area contributed by atoms with E-state index in [1.165, 1.54) is 11.8 Å². The molecule has 0 radical (unpaired) electrons. The molecule has 2 rings (SSSR count). The highest BCUT2D eigenvalue weighted by Crippen LogP contribution is 2.26. The van der Waals surface area contributed by atoms with Crippen molar-refractivity contribution < 1.29 is 4.79 Å². The van der Waals surface area contributed by atoms with Gasteiger partial charge in [0.05, 0.1) is 5.25 Å². The third kappa shape index (κ3) is 4.41. The SMILES string of the molecule is C=CCn1c(S[C@H](C)C(=O)NCCC)nnc1-c1ccncc1. The van der Waals surface area contributed by atoms with Gasteiger partial charge >= 0.3 is 0 Å². The number of pyridine rings is 1. The predicted molar refractivity (Wildman–Crippen MR) is 92.1 cm³/mol. The van der Waals surface area contributed by atoms with Crippen LogP contribution in [-0.4, -0.2) is 37.5 Å². The molecule has 2 heterocycles. The van der Waals surface area contributed by atoms with Gasteiger partial charge in [-0.05, 0) is 25.5 Å². The topological polar surface area (TPSA) is 72.7 Å². The van der Waals surface area contributed by atoms with Crippen LogP contribution < -0.4 is 5.32 Å². The van der Waals surface area contributed by atoms with E-state index in [0.717, 1.165) is 17.8 Å². The van der Waals surface area contributed by atoms with E-state index in [2.05, 4.69) is 27.1 Å². The summed E-state index contributed by atoms with van der Waals surface area (Å²) in [6, 6.07) is 3.77. The molecule has 0 bridgehead atoms. The van der Waals surface area contributed by atoms with Crippen molar-refractivity contribution in [1.82, 2.24) is 25.1 Å². The molecule has 0 unspecified atom stereocenters. The fraction of sp³-hybridized carbons (Fsp3) is 0.375. The second-order valence-corrected chi connectivity index (χ2v) is 6.30. The Morgan fingerprint density at radius 3 is 2.83 bits per heavy atom. The smallest absolute Gasteiger partial charge is 0.233 e. The number of allylic oxidation sites excluding steroid dienone is 1. The molecule has 2 aromatic heterocycles. The van der Waals surface area contributed by atoms with Crippen LogP contribution in [-0.2, 0) is 11.3 Å². The van der Waals surface area contributed by atoms with Gasteiger partial charge in [-0.2, -0.15) is 0 Å². The van der Waals surface area contributed by atoms with Gasteiger partial charge in [-0.1, -0.05) is 24.8 Å². The van der Waals surface area contributed by atoms with Gasteiger partial charge in [0.25, 0.3) is 0 Å². The summed E-state index contributed by atoms with van der Waals surface area (Å²) in [7, 11) is 0. The average molecular weight is 331 g/mol. The quantitative estimate of drug-likeness (QED) is 0.594. The zero-order chi connectivity index (χ0) is 16.7. The average Bonchev–Trinajstić information content (AvgIpc) is 2.96. The molecule has 0 spiro atoms. The number of carbonyl (C=O) groups excluding carboxylic acids is 1. The zero-order valence-corrected chi connectivity index (χ0v) is 14.2. The van der Waals surface area contributed by atoms with Crippen molar-refractivity contribution in [3.05, 3.63) is 37.2 Å². The Bertz CT molecular complexity index is 656. The first-order chi connectivity index (χ1) is 11.2. The van der Waals surface area contributed by atoms with Crippen LogP contribution in [0.15, 0.2) is 42.3 Å². The summed E-state index contributed by atoms with van der Waals surface area (Å²) in [6.45, 7) is 8.95. The van der Waals surface area contributed by atoms with Gasteiger partial charge in [-0.15, -0.1) is 16.8 Å². The lowest BCUT2D eigenvalue weighted by atomic mass is 10.2. The summed E-state index contributed by atoms with van der Waals surface area (Å²) in [5, 5.41) is 11.9. The molecule has 2 aromatic rings. The predicted octanol–water partition coefficient (Wildman–Crippen LogP) is 2.53. The van der Waals surface area contributed by atoms with Crippen molar-refractivity contribution >= 4 is 17.7 Å². The Balaban J connectivity index is 2.21. The molecule has 0 aliphatic heterocycles. The minimum absolute atomic E-state index is 0.00969. The lowest BCUT2D eigenvalue weighted by Gasteiger charge is -2.12. The minimum atomic E-state index is -0.236. The number of rotatable bonds is 8. The van der Waals surface area contributed by atoms with E-state index in [-0.39, 0.29) is 11.2 Å². The van der Waals surface area contributed by atoms with Gasteiger partial charge in [-0.3, -0.25) is 14.3 Å². The monoisotopic (exact) mass is 331 g/mol. The third-order valence-electron chi connectivity index (χ3n) is 3.17. The summed E-state index contributed by atoms with van der Waals surface area (Å²) in [6.07, 6.45) is 6.15. The summed E-state index contributed by atoms with van der Waals surface area (Å²) >= 11 is 1.40. The van der Waals surface area contributed by atoms with Crippen molar-refractivity contribution in [2.24, 2.45) is 0 Å². The number of thioether (sulfide) groups is 1. The van der Waals surface area contributed by atoms with E-state index in [4.69, 9.17) is 0 Å². The van der Waals surface area contributed by atoms with Crippen molar-refractivity contribution in [2.75, 3.05) is 6.54 Å². The molecule has 7 heteroatoms. The van der Waals surface area contributed by atoms with Crippen LogP contribution in [0.2, 0.25) is 0 Å². The molecule has 0 fully saturated rings. The second-order valence-electron chi connectivity index (χ2n) is 4.99. The van der Waals surface area contributed by atoms with Gasteiger partial charge in [0, 0.05) is 31.0 Å². The Labute approximate surface area is 140 Å². The highest BCUT2D eigenvalue weighted by atomic mass is 32.2. The van der Waals surface area contributed by atoms with Crippen LogP contribution in [0.25, 0.3) is 11.4 Å². The molecule has 1 amide bonds. The summed E-state index contributed by atoms with van der Waals surface area (Å²) in [5.41, 5.74) is 0.935. The first kappa shape index (κ1) is 17.2. The normalized spacial score (nSPS) is 11.9. The van der Waals surface area contributed by atoms with Crippen LogP contribution in [0.3, 0.4) is 0 Å². The molecule has 1 N–H and O–H groups in total. The van der Waals surface area contributed by atoms with E-state index < -0.39 is 0 Å². The number of amides is 1. The number of aromatic nitrogens is 4. The Morgan fingerprint density at radius 2 is 2.17 bits per heavy atom. The summed E-state index contributed by atoms with van der Waals surface area (Å²) in [5.74, 6) is 0.756. The number of nitrogens with zero attached hydrogens (tertiary/aromatic N) is 4. The first-order valence-corrected chi connectivity index (χ1v) is 8.44. The van der Waals surface area contributed by atoms with Crippen molar-refractivity contribution in [2.45, 2.75) is 37.2 Å². The summed E-state index contributed by atoms with van der Waals surface area (Å²) < 4.78 is 1.95. The number of nitrogens with one attached hydrogen (secondary N) is 1. The molecule has 0 saturated heterocycles. The van der Waals surface area contributed by atoms with Crippen LogP contribution in [0.5, 0.6) is 0 Å². The molecular weight excluding hydrogens is 310 g/mol. The highest BCUT2D eigenvalue weighted by Gasteiger charge is 2.20. The van der Waals surface area contributed by atoms with Crippen LogP contribution >= 0.6 is 11.8 Å². The lowest BCUT2D eigenvalue weighted by Crippen LogP contribution is -2.31. The maximum absolute atomic E-state index is 12.0. The number of hydrogen-bond acceptors (Lipinski definition) is 5. The second kappa shape index (κ2) is 8.47. The van der Waals surface area contributed by atoms with E-state index in [0.29, 0.717) is 18.2 Å². The van der Waals surface area contributed by atoms with E-state index in [1.54, 1.807) is 18.5 Å². The molecule has 1 atom stereocenters. The highest BCUT2D eigenvalue weighted by molar-refractivity contribution is 8.00. The van der Waals surface area contributed by atoms with Gasteiger partial charge in [0.2, 0.25) is 5.91 Å². The number of hydrogen-bond donors (Lipinski definition) is 1. The van der Waals surface area contributed by atoms with Crippen molar-refractivity contribution in [1.29, 1.82) is 0 Å². The third-order valence-corrected chi connectivity index (χ3v) is 4.25. The fourth-order valence-electron chi connectivity index (χ4n) is 1.99. The standard InChI is InChI=1S/C16H21N5OS/c1-4-8-18-15(22)12(3)23-16-20-19-14(21(16)11-5-2)13-6-9-17-10-7-13/h5-7,9-10,12H,2,4,8,11H2,1,3H3,(H,18,22)/t12-/m1/s1. The van der Waals surface area contributed by atoms with Crippen LogP contribution in [0.1, 0.15) is 20.3 Å². The maximum Gasteiger partial charge on any atom is 0.233 e. The number of carbonyl (C=O) groups is 1. The molecular formula is C16H21N5OS. The van der Waals surface area contributed by atoms with Gasteiger partial charge in [0.15, 0.2) is 11.0 Å².